The number of carboxylic acid groups (broad SMARTS) is 1. The molecule has 4 heteroatoms. The molecule has 1 aromatic carbocycles. The lowest BCUT2D eigenvalue weighted by Crippen LogP contribution is -2.11. The highest BCUT2D eigenvalue weighted by Crippen LogP contribution is 2.26. The molecule has 0 spiro atoms. The van der Waals surface area contributed by atoms with Crippen molar-refractivity contribution in [2.45, 2.75) is 12.8 Å². The maximum atomic E-state index is 11.9. The second-order valence-corrected chi connectivity index (χ2v) is 3.82. The van der Waals surface area contributed by atoms with Crippen LogP contribution in [0, 0.1) is 0 Å². The highest BCUT2D eigenvalue weighted by molar-refractivity contribution is 6.33. The van der Waals surface area contributed by atoms with E-state index in [4.69, 9.17) is 5.11 Å². The molecule has 0 heterocycles. The van der Waals surface area contributed by atoms with Crippen molar-refractivity contribution in [3.05, 3.63) is 47.0 Å². The molecule has 1 aromatic rings. The first-order valence-corrected chi connectivity index (χ1v) is 5.17. The molecular formula is C13H10O4. The Hall–Kier alpha value is -2.23. The minimum Gasteiger partial charge on any atom is -0.475 e. The molecule has 86 valence electrons. The largest absolute Gasteiger partial charge is 0.475 e. The number of rotatable bonds is 3. The number of carbonyl (C=O) groups excluding carboxylic acids is 2. The van der Waals surface area contributed by atoms with Gasteiger partial charge in [-0.05, 0) is 5.56 Å². The van der Waals surface area contributed by atoms with Crippen molar-refractivity contribution in [2.24, 2.45) is 0 Å². The van der Waals surface area contributed by atoms with Gasteiger partial charge in [0.2, 0.25) is 5.78 Å². The van der Waals surface area contributed by atoms with Crippen LogP contribution in [-0.4, -0.2) is 22.6 Å². The number of hydrogen-bond donors (Lipinski definition) is 1. The van der Waals surface area contributed by atoms with Crippen molar-refractivity contribution in [1.82, 2.24) is 0 Å². The summed E-state index contributed by atoms with van der Waals surface area (Å²) in [7, 11) is 0. The molecular weight excluding hydrogens is 220 g/mol. The van der Waals surface area contributed by atoms with E-state index in [1.165, 1.54) is 6.08 Å². The average molecular weight is 230 g/mol. The van der Waals surface area contributed by atoms with Gasteiger partial charge in [-0.25, -0.2) is 4.79 Å². The predicted octanol–water partition coefficient (Wildman–Crippen LogP) is 1.40. The predicted molar refractivity (Wildman–Crippen MR) is 59.8 cm³/mol. The Morgan fingerprint density at radius 1 is 1.29 bits per heavy atom. The van der Waals surface area contributed by atoms with Gasteiger partial charge in [-0.15, -0.1) is 0 Å². The fraction of sp³-hybridized carbons (Fsp3) is 0.154. The summed E-state index contributed by atoms with van der Waals surface area (Å²) in [6, 6.07) is 7.21. The number of carboxylic acids is 1. The molecule has 0 saturated heterocycles. The maximum Gasteiger partial charge on any atom is 0.372 e. The molecule has 1 aliphatic carbocycles. The van der Waals surface area contributed by atoms with E-state index in [0.717, 1.165) is 5.56 Å². The van der Waals surface area contributed by atoms with Gasteiger partial charge in [-0.3, -0.25) is 9.59 Å². The van der Waals surface area contributed by atoms with Crippen molar-refractivity contribution < 1.29 is 19.5 Å². The second kappa shape index (κ2) is 4.33. The lowest BCUT2D eigenvalue weighted by atomic mass is 10.1. The number of allylic oxidation sites excluding steroid dienone is 2. The van der Waals surface area contributed by atoms with Crippen molar-refractivity contribution in [2.75, 3.05) is 0 Å². The molecule has 0 unspecified atom stereocenters. The molecule has 1 aliphatic rings. The van der Waals surface area contributed by atoms with Crippen LogP contribution in [0.1, 0.15) is 22.3 Å². The SMILES string of the molecule is O=C(O)C(=O)CC=C1Cc2ccccc2C1=O. The monoisotopic (exact) mass is 230 g/mol. The third-order valence-electron chi connectivity index (χ3n) is 2.71. The summed E-state index contributed by atoms with van der Waals surface area (Å²) < 4.78 is 0. The minimum atomic E-state index is -1.47. The van der Waals surface area contributed by atoms with Crippen LogP contribution in [-0.2, 0) is 16.0 Å². The molecule has 0 fully saturated rings. The van der Waals surface area contributed by atoms with Crippen molar-refractivity contribution >= 4 is 17.5 Å². The molecule has 17 heavy (non-hydrogen) atoms. The van der Waals surface area contributed by atoms with E-state index in [1.54, 1.807) is 12.1 Å². The number of benzene rings is 1. The Labute approximate surface area is 97.6 Å². The normalized spacial score (nSPS) is 16.0. The van der Waals surface area contributed by atoms with Crippen molar-refractivity contribution in [3.63, 3.8) is 0 Å². The first kappa shape index (κ1) is 11.3. The molecule has 0 saturated carbocycles. The van der Waals surface area contributed by atoms with Gasteiger partial charge in [0, 0.05) is 24.0 Å². The van der Waals surface area contributed by atoms with Gasteiger partial charge in [0.1, 0.15) is 0 Å². The quantitative estimate of drug-likeness (QED) is 0.629. The average Bonchev–Trinajstić information content (AvgIpc) is 2.64. The highest BCUT2D eigenvalue weighted by Gasteiger charge is 2.24. The molecule has 0 aliphatic heterocycles. The van der Waals surface area contributed by atoms with Crippen molar-refractivity contribution in [1.29, 1.82) is 0 Å². The summed E-state index contributed by atoms with van der Waals surface area (Å²) in [6.45, 7) is 0. The summed E-state index contributed by atoms with van der Waals surface area (Å²) in [4.78, 5) is 33.1. The first-order valence-electron chi connectivity index (χ1n) is 5.17. The van der Waals surface area contributed by atoms with Crippen LogP contribution in [0.25, 0.3) is 0 Å². The topological polar surface area (TPSA) is 71.4 Å². The Morgan fingerprint density at radius 2 is 2.00 bits per heavy atom. The lowest BCUT2D eigenvalue weighted by Gasteiger charge is -1.93. The van der Waals surface area contributed by atoms with Gasteiger partial charge in [0.05, 0.1) is 0 Å². The lowest BCUT2D eigenvalue weighted by molar-refractivity contribution is -0.148. The third-order valence-corrected chi connectivity index (χ3v) is 2.71. The molecule has 0 amide bonds. The van der Waals surface area contributed by atoms with Crippen LogP contribution >= 0.6 is 0 Å². The van der Waals surface area contributed by atoms with Crippen LogP contribution in [0.5, 0.6) is 0 Å². The Kier molecular flexibility index (Phi) is 2.87. The molecule has 2 rings (SSSR count). The van der Waals surface area contributed by atoms with Crippen LogP contribution in [0.4, 0.5) is 0 Å². The number of hydrogen-bond acceptors (Lipinski definition) is 3. The number of carbonyl (C=O) groups is 3. The van der Waals surface area contributed by atoms with Crippen molar-refractivity contribution in [3.8, 4) is 0 Å². The zero-order valence-electron chi connectivity index (χ0n) is 8.97. The number of aliphatic carboxylic acids is 1. The van der Waals surface area contributed by atoms with E-state index in [1.807, 2.05) is 12.1 Å². The van der Waals surface area contributed by atoms with E-state index >= 15 is 0 Å². The third kappa shape index (κ3) is 2.15. The summed E-state index contributed by atoms with van der Waals surface area (Å²) >= 11 is 0. The van der Waals surface area contributed by atoms with Crippen LogP contribution in [0.2, 0.25) is 0 Å². The van der Waals surface area contributed by atoms with Gasteiger partial charge < -0.3 is 5.11 Å². The highest BCUT2D eigenvalue weighted by atomic mass is 16.4. The fourth-order valence-corrected chi connectivity index (χ4v) is 1.82. The maximum absolute atomic E-state index is 11.9. The van der Waals surface area contributed by atoms with Crippen LogP contribution in [0.15, 0.2) is 35.9 Å². The molecule has 4 nitrogen and oxygen atoms in total. The van der Waals surface area contributed by atoms with Crippen LogP contribution in [0.3, 0.4) is 0 Å². The van der Waals surface area contributed by atoms with E-state index in [2.05, 4.69) is 0 Å². The molecule has 0 atom stereocenters. The second-order valence-electron chi connectivity index (χ2n) is 3.82. The zero-order valence-corrected chi connectivity index (χ0v) is 8.97. The summed E-state index contributed by atoms with van der Waals surface area (Å²) in [5, 5.41) is 8.43. The van der Waals surface area contributed by atoms with E-state index in [-0.39, 0.29) is 12.2 Å². The van der Waals surface area contributed by atoms with E-state index in [0.29, 0.717) is 17.6 Å². The number of fused-ring (bicyclic) bond motifs is 1. The molecule has 0 radical (unpaired) electrons. The van der Waals surface area contributed by atoms with Gasteiger partial charge in [0.25, 0.3) is 0 Å². The van der Waals surface area contributed by atoms with Crippen LogP contribution < -0.4 is 0 Å². The first-order chi connectivity index (χ1) is 8.09. The molecule has 0 bridgehead atoms. The number of Topliss-reactive ketones (excluding diaryl/α,β-unsaturated/α-hetero) is 2. The zero-order chi connectivity index (χ0) is 12.4. The summed E-state index contributed by atoms with van der Waals surface area (Å²) in [5.41, 5.74) is 2.06. The standard InChI is InChI=1S/C13H10O4/c14-11(13(16)17)6-5-9-7-8-3-1-2-4-10(8)12(9)15/h1-5H,6-7H2,(H,16,17). The Bertz CT molecular complexity index is 540. The summed E-state index contributed by atoms with van der Waals surface area (Å²) in [6.07, 6.45) is 1.66. The fourth-order valence-electron chi connectivity index (χ4n) is 1.82. The molecule has 0 aromatic heterocycles. The summed E-state index contributed by atoms with van der Waals surface area (Å²) in [5.74, 6) is -2.48. The van der Waals surface area contributed by atoms with Gasteiger partial charge in [-0.1, -0.05) is 30.3 Å². The number of ketones is 2. The minimum absolute atomic E-state index is 0.112. The van der Waals surface area contributed by atoms with Gasteiger partial charge >= 0.3 is 5.97 Å². The Balaban J connectivity index is 2.18. The van der Waals surface area contributed by atoms with E-state index < -0.39 is 11.8 Å². The smallest absolute Gasteiger partial charge is 0.372 e. The van der Waals surface area contributed by atoms with Gasteiger partial charge in [0.15, 0.2) is 5.78 Å². The Morgan fingerprint density at radius 3 is 2.65 bits per heavy atom. The van der Waals surface area contributed by atoms with Gasteiger partial charge in [-0.2, -0.15) is 0 Å². The molecule has 1 N–H and O–H groups in total. The van der Waals surface area contributed by atoms with E-state index in [9.17, 15) is 14.4 Å².